The molecular formula is C24H33ClNO6PSi. The zero-order chi connectivity index (χ0) is 25.1. The number of carboxylic acid groups (broad SMARTS) is 1. The van der Waals surface area contributed by atoms with Crippen LogP contribution in [0.3, 0.4) is 0 Å². The van der Waals surface area contributed by atoms with Gasteiger partial charge in [0.15, 0.2) is 8.32 Å². The van der Waals surface area contributed by atoms with Gasteiger partial charge in [0.1, 0.15) is 18.0 Å². The van der Waals surface area contributed by atoms with Crippen molar-refractivity contribution in [3.8, 4) is 11.5 Å². The van der Waals surface area contributed by atoms with Gasteiger partial charge in [0.25, 0.3) is 0 Å². The van der Waals surface area contributed by atoms with Crippen LogP contribution in [0.4, 0.5) is 0 Å². The van der Waals surface area contributed by atoms with Crippen molar-refractivity contribution >= 4 is 38.7 Å². The Morgan fingerprint density at radius 2 is 1.71 bits per heavy atom. The Morgan fingerprint density at radius 1 is 1.15 bits per heavy atom. The highest BCUT2D eigenvalue weighted by molar-refractivity contribution is 7.64. The lowest BCUT2D eigenvalue weighted by Gasteiger charge is -2.39. The van der Waals surface area contributed by atoms with Crippen LogP contribution in [0, 0.1) is 0 Å². The molecule has 2 aromatic rings. The molecule has 1 aliphatic heterocycles. The highest BCUT2D eigenvalue weighted by Gasteiger charge is 2.43. The van der Waals surface area contributed by atoms with Gasteiger partial charge in [0.05, 0.1) is 18.0 Å². The number of carbonyl (C=O) groups is 1. The summed E-state index contributed by atoms with van der Waals surface area (Å²) in [5, 5.41) is 10.6. The second kappa shape index (κ2) is 10.5. The maximum Gasteiger partial charge on any atom is 0.318 e. The Labute approximate surface area is 207 Å². The number of hydrogen-bond donors (Lipinski definition) is 1. The molecule has 0 radical (unpaired) electrons. The zero-order valence-electron chi connectivity index (χ0n) is 20.3. The lowest BCUT2D eigenvalue weighted by atomic mass is 10.2. The third kappa shape index (κ3) is 6.50. The number of halogens is 1. The summed E-state index contributed by atoms with van der Waals surface area (Å²) in [7, 11) is -5.71. The van der Waals surface area contributed by atoms with Crippen LogP contribution in [0.25, 0.3) is 0 Å². The number of hydrogen-bond acceptors (Lipinski definition) is 5. The van der Waals surface area contributed by atoms with Gasteiger partial charge in [-0.25, -0.2) is 4.67 Å². The van der Waals surface area contributed by atoms with E-state index < -0.39 is 28.4 Å². The molecule has 3 rings (SSSR count). The van der Waals surface area contributed by atoms with E-state index in [1.807, 2.05) is 0 Å². The fraction of sp³-hybridized carbons (Fsp3) is 0.458. The van der Waals surface area contributed by atoms with Gasteiger partial charge in [0, 0.05) is 11.6 Å². The molecule has 7 nitrogen and oxygen atoms in total. The average molecular weight is 526 g/mol. The molecule has 0 spiro atoms. The van der Waals surface area contributed by atoms with Gasteiger partial charge in [-0.15, -0.1) is 0 Å². The summed E-state index contributed by atoms with van der Waals surface area (Å²) in [5.41, 5.74) is 0. The molecule has 2 aromatic carbocycles. The van der Waals surface area contributed by atoms with Gasteiger partial charge in [-0.1, -0.05) is 32.4 Å². The number of nitrogens with zero attached hydrogens (tertiary/aromatic N) is 1. The van der Waals surface area contributed by atoms with Crippen molar-refractivity contribution < 1.29 is 28.2 Å². The molecule has 10 heteroatoms. The zero-order valence-corrected chi connectivity index (χ0v) is 22.9. The minimum atomic E-state index is -3.61. The Hall–Kier alpha value is -1.67. The van der Waals surface area contributed by atoms with Gasteiger partial charge in [-0.2, -0.15) is 0 Å². The summed E-state index contributed by atoms with van der Waals surface area (Å²) in [6, 6.07) is 13.7. The molecule has 2 atom stereocenters. The number of carboxylic acids is 1. The maximum atomic E-state index is 14.1. The van der Waals surface area contributed by atoms with Crippen molar-refractivity contribution in [3.05, 3.63) is 53.6 Å². The van der Waals surface area contributed by atoms with E-state index in [-0.39, 0.29) is 24.3 Å². The summed E-state index contributed by atoms with van der Waals surface area (Å²) in [4.78, 5) is 11.7. The van der Waals surface area contributed by atoms with E-state index in [1.165, 1.54) is 4.67 Å². The molecule has 186 valence electrons. The molecule has 0 amide bonds. The minimum absolute atomic E-state index is 0.00139. The number of aliphatic carboxylic acids is 1. The van der Waals surface area contributed by atoms with Crippen LogP contribution in [-0.2, 0) is 18.3 Å². The molecular weight excluding hydrogens is 493 g/mol. The molecule has 1 heterocycles. The second-order valence-electron chi connectivity index (χ2n) is 9.93. The van der Waals surface area contributed by atoms with E-state index in [9.17, 15) is 14.5 Å². The summed E-state index contributed by atoms with van der Waals surface area (Å²) in [6.07, 6.45) is 0.285. The fourth-order valence-corrected chi connectivity index (χ4v) is 7.13. The van der Waals surface area contributed by atoms with Gasteiger partial charge in [-0.3, -0.25) is 9.36 Å². The Morgan fingerprint density at radius 3 is 2.24 bits per heavy atom. The van der Waals surface area contributed by atoms with Crippen LogP contribution in [0.15, 0.2) is 48.5 Å². The smallest absolute Gasteiger partial charge is 0.318 e. The summed E-state index contributed by atoms with van der Waals surface area (Å²) >= 11 is 5.91. The molecule has 0 aromatic heterocycles. The largest absolute Gasteiger partial charge is 0.480 e. The predicted molar refractivity (Wildman–Crippen MR) is 137 cm³/mol. The topological polar surface area (TPSA) is 85.3 Å². The first-order valence-corrected chi connectivity index (χ1v) is 16.1. The molecule has 1 fully saturated rings. The van der Waals surface area contributed by atoms with Crippen molar-refractivity contribution in [2.75, 3.05) is 19.7 Å². The van der Waals surface area contributed by atoms with Crippen molar-refractivity contribution in [1.29, 1.82) is 0 Å². The van der Waals surface area contributed by atoms with E-state index in [2.05, 4.69) is 33.9 Å². The van der Waals surface area contributed by atoms with Gasteiger partial charge in [0.2, 0.25) is 0 Å². The minimum Gasteiger partial charge on any atom is -0.480 e. The van der Waals surface area contributed by atoms with Crippen molar-refractivity contribution in [3.63, 3.8) is 0 Å². The number of ether oxygens (including phenoxy) is 1. The lowest BCUT2D eigenvalue weighted by Crippen LogP contribution is -2.47. The molecule has 0 bridgehead atoms. The summed E-state index contributed by atoms with van der Waals surface area (Å²) in [5.74, 6) is 0.100. The van der Waals surface area contributed by atoms with E-state index in [0.29, 0.717) is 28.2 Å². The van der Waals surface area contributed by atoms with E-state index in [4.69, 9.17) is 25.3 Å². The molecule has 2 unspecified atom stereocenters. The van der Waals surface area contributed by atoms with Crippen molar-refractivity contribution in [2.24, 2.45) is 0 Å². The maximum absolute atomic E-state index is 14.1. The molecule has 1 N–H and O–H groups in total. The standard InChI is InChI=1S/C24H33ClNO6PSi/c1-24(2,3)34(4,5)32-21-14-15-30-33(29,26(16-21)17-23(27)28)22-12-10-20(11-13-22)31-19-8-6-18(25)7-9-19/h6-13,21H,14-17H2,1-5H3,(H,27,28). The first-order chi connectivity index (χ1) is 15.8. The van der Waals surface area contributed by atoms with Crippen molar-refractivity contribution in [1.82, 2.24) is 4.67 Å². The molecule has 1 aliphatic rings. The van der Waals surface area contributed by atoms with E-state index in [0.717, 1.165) is 0 Å². The highest BCUT2D eigenvalue weighted by Crippen LogP contribution is 2.52. The lowest BCUT2D eigenvalue weighted by molar-refractivity contribution is -0.137. The third-order valence-corrected chi connectivity index (χ3v) is 13.6. The summed E-state index contributed by atoms with van der Waals surface area (Å²) < 4.78 is 33.7. The number of rotatable bonds is 7. The van der Waals surface area contributed by atoms with Gasteiger partial charge in [-0.05, 0) is 73.1 Å². The quantitative estimate of drug-likeness (QED) is 0.343. The van der Waals surface area contributed by atoms with Gasteiger partial charge >= 0.3 is 13.5 Å². The first-order valence-electron chi connectivity index (χ1n) is 11.2. The Kier molecular flexibility index (Phi) is 8.33. The third-order valence-electron chi connectivity index (χ3n) is 6.29. The van der Waals surface area contributed by atoms with E-state index >= 15 is 0 Å². The van der Waals surface area contributed by atoms with Crippen LogP contribution in [0.1, 0.15) is 27.2 Å². The molecule has 34 heavy (non-hydrogen) atoms. The SMILES string of the molecule is CC(C)(C)[Si](C)(C)OC1CCOP(=O)(c2ccc(Oc3ccc(Cl)cc3)cc2)N(CC(=O)O)C1. The van der Waals surface area contributed by atoms with Crippen LogP contribution >= 0.6 is 19.1 Å². The van der Waals surface area contributed by atoms with Crippen LogP contribution < -0.4 is 10.0 Å². The fourth-order valence-electron chi connectivity index (χ4n) is 3.41. The van der Waals surface area contributed by atoms with Crippen molar-refractivity contribution in [2.45, 2.75) is 51.4 Å². The number of benzene rings is 2. The van der Waals surface area contributed by atoms with Crippen LogP contribution in [-0.4, -0.2) is 49.9 Å². The predicted octanol–water partition coefficient (Wildman–Crippen LogP) is 6.15. The second-order valence-corrected chi connectivity index (χ2v) is 17.5. The van der Waals surface area contributed by atoms with Gasteiger partial charge < -0.3 is 18.8 Å². The average Bonchev–Trinajstić information content (AvgIpc) is 2.88. The first kappa shape index (κ1) is 26.9. The Balaban J connectivity index is 1.83. The van der Waals surface area contributed by atoms with Crippen LogP contribution in [0.2, 0.25) is 23.2 Å². The molecule has 1 saturated heterocycles. The van der Waals surface area contributed by atoms with E-state index in [1.54, 1.807) is 48.5 Å². The monoisotopic (exact) mass is 525 g/mol. The molecule has 0 saturated carbocycles. The van der Waals surface area contributed by atoms with Crippen LogP contribution in [0.5, 0.6) is 11.5 Å². The normalized spacial score (nSPS) is 22.2. The Bertz CT molecular complexity index is 1040. The molecule has 0 aliphatic carbocycles. The summed E-state index contributed by atoms with van der Waals surface area (Å²) in [6.45, 7) is 10.8. The highest BCUT2D eigenvalue weighted by atomic mass is 35.5.